The van der Waals surface area contributed by atoms with E-state index in [4.69, 9.17) is 4.55 Å². The number of hydrogen-bond donors (Lipinski definition) is 3. The highest BCUT2D eigenvalue weighted by molar-refractivity contribution is 7.78. The lowest BCUT2D eigenvalue weighted by Gasteiger charge is -2.06. The van der Waals surface area contributed by atoms with E-state index in [1.807, 2.05) is 6.07 Å². The lowest BCUT2D eigenvalue weighted by atomic mass is 10.1. The number of carbonyl (C=O) groups is 2. The zero-order chi connectivity index (χ0) is 18.7. The Morgan fingerprint density at radius 2 is 2.00 bits per heavy atom. The second-order valence-electron chi connectivity index (χ2n) is 5.51. The van der Waals surface area contributed by atoms with E-state index in [2.05, 4.69) is 15.6 Å². The molecule has 9 heteroatoms. The maximum atomic E-state index is 12.1. The molecular weight excluding hydrogens is 374 g/mol. The third kappa shape index (κ3) is 4.31. The molecule has 0 fully saturated rings. The van der Waals surface area contributed by atoms with Crippen molar-refractivity contribution in [1.82, 2.24) is 10.3 Å². The molecule has 3 rings (SSSR count). The van der Waals surface area contributed by atoms with E-state index in [1.165, 1.54) is 11.3 Å². The second-order valence-corrected chi connectivity index (χ2v) is 7.47. The number of amides is 3. The molecule has 0 aliphatic rings. The second kappa shape index (κ2) is 7.73. The quantitative estimate of drug-likeness (QED) is 0.594. The Morgan fingerprint density at radius 3 is 2.73 bits per heavy atom. The van der Waals surface area contributed by atoms with Crippen molar-refractivity contribution in [3.8, 4) is 0 Å². The van der Waals surface area contributed by atoms with Crippen LogP contribution in [0.1, 0.15) is 21.5 Å². The van der Waals surface area contributed by atoms with Gasteiger partial charge >= 0.3 is 6.03 Å². The monoisotopic (exact) mass is 389 g/mol. The normalized spacial score (nSPS) is 11.9. The average Bonchev–Trinajstić information content (AvgIpc) is 2.95. The summed E-state index contributed by atoms with van der Waals surface area (Å²) >= 11 is -0.704. The topological polar surface area (TPSA) is 108 Å². The zero-order valence-corrected chi connectivity index (χ0v) is 15.3. The van der Waals surface area contributed by atoms with Crippen LogP contribution in [-0.2, 0) is 16.8 Å². The number of imide groups is 1. The third-order valence-electron chi connectivity index (χ3n) is 3.58. The Kier molecular flexibility index (Phi) is 5.40. The molecule has 0 saturated heterocycles. The maximum absolute atomic E-state index is 12.1. The molecule has 3 amide bonds. The smallest absolute Gasteiger partial charge is 0.306 e. The number of urea groups is 1. The molecule has 0 aliphatic heterocycles. The van der Waals surface area contributed by atoms with Crippen LogP contribution in [0.2, 0.25) is 0 Å². The maximum Gasteiger partial charge on any atom is 0.327 e. The van der Waals surface area contributed by atoms with E-state index < -0.39 is 23.0 Å². The van der Waals surface area contributed by atoms with Crippen LogP contribution >= 0.6 is 11.3 Å². The van der Waals surface area contributed by atoms with Gasteiger partial charge in [0.05, 0.1) is 16.0 Å². The van der Waals surface area contributed by atoms with Gasteiger partial charge in [-0.2, -0.15) is 0 Å². The Labute approximate surface area is 155 Å². The van der Waals surface area contributed by atoms with Crippen LogP contribution in [0.25, 0.3) is 10.2 Å². The number of rotatable bonds is 4. The van der Waals surface area contributed by atoms with Crippen molar-refractivity contribution in [2.45, 2.75) is 12.7 Å². The molecule has 1 unspecified atom stereocenters. The van der Waals surface area contributed by atoms with Crippen molar-refractivity contribution >= 4 is 49.7 Å². The number of thiazole rings is 1. The van der Waals surface area contributed by atoms with Gasteiger partial charge in [0.1, 0.15) is 0 Å². The van der Waals surface area contributed by atoms with Gasteiger partial charge in [0, 0.05) is 5.56 Å². The first-order valence-electron chi connectivity index (χ1n) is 7.57. The van der Waals surface area contributed by atoms with Crippen molar-refractivity contribution in [3.05, 3.63) is 59.2 Å². The first-order chi connectivity index (χ1) is 12.4. The summed E-state index contributed by atoms with van der Waals surface area (Å²) in [5.41, 5.74) is 2.55. The van der Waals surface area contributed by atoms with E-state index in [0.29, 0.717) is 21.8 Å². The number of fused-ring (bicyclic) bond motifs is 1. The summed E-state index contributed by atoms with van der Waals surface area (Å²) in [5, 5.41) is 5.14. The zero-order valence-electron chi connectivity index (χ0n) is 13.7. The fraction of sp³-hybridized carbons (Fsp3) is 0.118. The molecule has 7 nitrogen and oxygen atoms in total. The van der Waals surface area contributed by atoms with E-state index >= 15 is 0 Å². The van der Waals surface area contributed by atoms with Crippen LogP contribution in [0.4, 0.5) is 9.93 Å². The molecule has 0 bridgehead atoms. The summed E-state index contributed by atoms with van der Waals surface area (Å²) in [4.78, 5) is 28.5. The van der Waals surface area contributed by atoms with Crippen LogP contribution in [0.3, 0.4) is 0 Å². The predicted octanol–water partition coefficient (Wildman–Crippen LogP) is 3.29. The first-order valence-corrected chi connectivity index (χ1v) is 9.66. The fourth-order valence-corrected chi connectivity index (χ4v) is 3.77. The van der Waals surface area contributed by atoms with Gasteiger partial charge in [-0.1, -0.05) is 35.6 Å². The van der Waals surface area contributed by atoms with E-state index in [9.17, 15) is 13.8 Å². The summed E-state index contributed by atoms with van der Waals surface area (Å²) in [5.74, 6) is -0.461. The molecule has 1 atom stereocenters. The molecule has 0 radical (unpaired) electrons. The predicted molar refractivity (Wildman–Crippen MR) is 102 cm³/mol. The number of carbonyl (C=O) groups excluding carboxylic acids is 2. The summed E-state index contributed by atoms with van der Waals surface area (Å²) in [6.45, 7) is 1.79. The third-order valence-corrected chi connectivity index (χ3v) is 5.09. The number of nitrogens with one attached hydrogen (secondary N) is 2. The molecule has 2 aromatic carbocycles. The molecular formula is C17H15N3O4S2. The molecule has 26 heavy (non-hydrogen) atoms. The lowest BCUT2D eigenvalue weighted by Crippen LogP contribution is -2.34. The highest BCUT2D eigenvalue weighted by atomic mass is 32.2. The van der Waals surface area contributed by atoms with Crippen molar-refractivity contribution < 1.29 is 18.4 Å². The molecule has 1 heterocycles. The Bertz CT molecular complexity index is 1020. The minimum atomic E-state index is -1.92. The molecule has 134 valence electrons. The number of nitrogens with zero attached hydrogens (tertiary/aromatic N) is 1. The van der Waals surface area contributed by atoms with Gasteiger partial charge in [-0.05, 0) is 36.2 Å². The summed E-state index contributed by atoms with van der Waals surface area (Å²) in [6.07, 6.45) is 0. The fourth-order valence-electron chi connectivity index (χ4n) is 2.38. The van der Waals surface area contributed by atoms with Crippen molar-refractivity contribution in [2.24, 2.45) is 0 Å². The van der Waals surface area contributed by atoms with Crippen molar-refractivity contribution in [1.29, 1.82) is 0 Å². The minimum absolute atomic E-state index is 0.0298. The molecule has 3 N–H and O–H groups in total. The number of aromatic nitrogens is 1. The summed E-state index contributed by atoms with van der Waals surface area (Å²) in [7, 11) is 0. The van der Waals surface area contributed by atoms with Crippen LogP contribution < -0.4 is 10.6 Å². The first kappa shape index (κ1) is 18.2. The molecule has 1 aromatic heterocycles. The number of hydrogen-bond acceptors (Lipinski definition) is 5. The van der Waals surface area contributed by atoms with Gasteiger partial charge in [-0.3, -0.25) is 15.4 Å². The van der Waals surface area contributed by atoms with Gasteiger partial charge < -0.3 is 4.55 Å². The Balaban J connectivity index is 1.70. The van der Waals surface area contributed by atoms with Gasteiger partial charge in [-0.15, -0.1) is 0 Å². The summed E-state index contributed by atoms with van der Waals surface area (Å²) < 4.78 is 20.6. The highest BCUT2D eigenvalue weighted by Gasteiger charge is 2.14. The van der Waals surface area contributed by atoms with Gasteiger partial charge in [0.25, 0.3) is 5.91 Å². The van der Waals surface area contributed by atoms with Crippen LogP contribution in [0.15, 0.2) is 42.5 Å². The number of aryl methyl sites for hydroxylation is 1. The molecule has 0 aliphatic carbocycles. The lowest BCUT2D eigenvalue weighted by molar-refractivity contribution is 0.0966. The highest BCUT2D eigenvalue weighted by Crippen LogP contribution is 2.27. The van der Waals surface area contributed by atoms with Crippen LogP contribution in [0.5, 0.6) is 0 Å². The van der Waals surface area contributed by atoms with Crippen molar-refractivity contribution in [3.63, 3.8) is 0 Å². The van der Waals surface area contributed by atoms with E-state index in [-0.39, 0.29) is 5.75 Å². The number of anilines is 1. The van der Waals surface area contributed by atoms with E-state index in [0.717, 1.165) is 10.3 Å². The Morgan fingerprint density at radius 1 is 1.23 bits per heavy atom. The van der Waals surface area contributed by atoms with Crippen LogP contribution in [0, 0.1) is 6.92 Å². The minimum Gasteiger partial charge on any atom is -0.306 e. The van der Waals surface area contributed by atoms with Crippen LogP contribution in [-0.4, -0.2) is 25.7 Å². The average molecular weight is 389 g/mol. The van der Waals surface area contributed by atoms with Gasteiger partial charge in [0.15, 0.2) is 16.2 Å². The van der Waals surface area contributed by atoms with E-state index in [1.54, 1.807) is 43.3 Å². The molecule has 3 aromatic rings. The largest absolute Gasteiger partial charge is 0.327 e. The van der Waals surface area contributed by atoms with Gasteiger partial charge in [-0.25, -0.2) is 14.0 Å². The SMILES string of the molecule is Cc1ccccc1C(=O)NC(=O)Nc1nc2ccc(CS(=O)O)cc2s1. The van der Waals surface area contributed by atoms with Crippen molar-refractivity contribution in [2.75, 3.05) is 5.32 Å². The standard InChI is InChI=1S/C17H15N3O4S2/c1-10-4-2-3-5-12(10)15(21)19-16(22)20-17-18-13-7-6-11(9-26(23)24)8-14(13)25-17/h2-8H,9H2,1H3,(H,23,24)(H2,18,19,20,21,22). The molecule has 0 spiro atoms. The number of benzene rings is 2. The molecule has 0 saturated carbocycles. The van der Waals surface area contributed by atoms with Gasteiger partial charge in [0.2, 0.25) is 0 Å². The summed E-state index contributed by atoms with van der Waals surface area (Å²) in [6, 6.07) is 11.5. The Hall–Kier alpha value is -2.62.